The molecule has 1 heterocycles. The van der Waals surface area contributed by atoms with Gasteiger partial charge in [-0.15, -0.1) is 0 Å². The third-order valence-electron chi connectivity index (χ3n) is 3.71. The first-order chi connectivity index (χ1) is 9.99. The Hall–Kier alpha value is -1.13. The summed E-state index contributed by atoms with van der Waals surface area (Å²) >= 11 is 3.47. The molecule has 0 spiro atoms. The van der Waals surface area contributed by atoms with Crippen LogP contribution < -0.4 is 5.32 Å². The van der Waals surface area contributed by atoms with Gasteiger partial charge in [-0.25, -0.2) is 4.68 Å². The van der Waals surface area contributed by atoms with Gasteiger partial charge in [0.15, 0.2) is 0 Å². The Morgan fingerprint density at radius 3 is 2.48 bits per heavy atom. The van der Waals surface area contributed by atoms with E-state index in [0.717, 1.165) is 34.9 Å². The highest BCUT2D eigenvalue weighted by Gasteiger charge is 2.12. The predicted molar refractivity (Wildman–Crippen MR) is 91.9 cm³/mol. The van der Waals surface area contributed by atoms with Crippen molar-refractivity contribution in [2.75, 3.05) is 6.54 Å². The highest BCUT2D eigenvalue weighted by Crippen LogP contribution is 2.19. The van der Waals surface area contributed by atoms with Gasteiger partial charge in [0.1, 0.15) is 0 Å². The molecular weight excluding hydrogens is 326 g/mol. The Bertz CT molecular complexity index is 585. The SMILES string of the molecule is Cc1nn(-c2ccc(Br)cc2)c(C)c1CNCCC(C)C. The Morgan fingerprint density at radius 1 is 1.19 bits per heavy atom. The van der Waals surface area contributed by atoms with Gasteiger partial charge in [0.2, 0.25) is 0 Å². The van der Waals surface area contributed by atoms with Crippen molar-refractivity contribution in [2.24, 2.45) is 5.92 Å². The van der Waals surface area contributed by atoms with Gasteiger partial charge in [0.05, 0.1) is 11.4 Å². The summed E-state index contributed by atoms with van der Waals surface area (Å²) in [5, 5.41) is 8.21. The van der Waals surface area contributed by atoms with Crippen LogP contribution in [0.4, 0.5) is 0 Å². The standard InChI is InChI=1S/C17H24BrN3/c1-12(2)9-10-19-11-17-13(3)20-21(14(17)4)16-7-5-15(18)6-8-16/h5-8,12,19H,9-11H2,1-4H3. The summed E-state index contributed by atoms with van der Waals surface area (Å²) in [6.07, 6.45) is 1.21. The first-order valence-corrected chi connectivity index (χ1v) is 8.30. The van der Waals surface area contributed by atoms with Gasteiger partial charge in [-0.1, -0.05) is 29.8 Å². The van der Waals surface area contributed by atoms with E-state index in [9.17, 15) is 0 Å². The number of nitrogens with zero attached hydrogens (tertiary/aromatic N) is 2. The molecule has 1 aromatic carbocycles. The molecule has 2 rings (SSSR count). The molecule has 1 aromatic heterocycles. The van der Waals surface area contributed by atoms with E-state index < -0.39 is 0 Å². The third kappa shape index (κ3) is 4.17. The molecule has 0 atom stereocenters. The first-order valence-electron chi connectivity index (χ1n) is 7.50. The molecule has 0 aliphatic rings. The van der Waals surface area contributed by atoms with E-state index in [2.05, 4.69) is 66.2 Å². The Labute approximate surface area is 135 Å². The fourth-order valence-corrected chi connectivity index (χ4v) is 2.63. The fraction of sp³-hybridized carbons (Fsp3) is 0.471. The minimum atomic E-state index is 0.741. The number of halogens is 1. The molecule has 0 radical (unpaired) electrons. The third-order valence-corrected chi connectivity index (χ3v) is 4.24. The normalized spacial score (nSPS) is 11.3. The minimum Gasteiger partial charge on any atom is -0.313 e. The van der Waals surface area contributed by atoms with E-state index in [1.54, 1.807) is 0 Å². The van der Waals surface area contributed by atoms with E-state index in [1.807, 2.05) is 16.8 Å². The number of rotatable bonds is 6. The average Bonchev–Trinajstić information content (AvgIpc) is 2.71. The zero-order valence-corrected chi connectivity index (χ0v) is 14.9. The lowest BCUT2D eigenvalue weighted by atomic mass is 10.1. The average molecular weight is 350 g/mol. The molecule has 1 N–H and O–H groups in total. The molecule has 0 bridgehead atoms. The molecule has 3 nitrogen and oxygen atoms in total. The van der Waals surface area contributed by atoms with Gasteiger partial charge >= 0.3 is 0 Å². The molecular formula is C17H24BrN3. The van der Waals surface area contributed by atoms with E-state index in [0.29, 0.717) is 0 Å². The fourth-order valence-electron chi connectivity index (χ4n) is 2.37. The zero-order valence-electron chi connectivity index (χ0n) is 13.3. The predicted octanol–water partition coefficient (Wildman–Crippen LogP) is 4.39. The molecule has 0 aliphatic heterocycles. The maximum absolute atomic E-state index is 4.69. The van der Waals surface area contributed by atoms with Crippen molar-refractivity contribution in [1.29, 1.82) is 0 Å². The monoisotopic (exact) mass is 349 g/mol. The van der Waals surface area contributed by atoms with Crippen molar-refractivity contribution < 1.29 is 0 Å². The van der Waals surface area contributed by atoms with Crippen LogP contribution in [0.3, 0.4) is 0 Å². The van der Waals surface area contributed by atoms with Crippen molar-refractivity contribution >= 4 is 15.9 Å². The molecule has 0 saturated heterocycles. The van der Waals surface area contributed by atoms with E-state index in [1.165, 1.54) is 17.7 Å². The molecule has 0 unspecified atom stereocenters. The summed E-state index contributed by atoms with van der Waals surface area (Å²) in [5.74, 6) is 0.741. The summed E-state index contributed by atoms with van der Waals surface area (Å²) in [5.41, 5.74) is 4.73. The van der Waals surface area contributed by atoms with Crippen LogP contribution in [0, 0.1) is 19.8 Å². The van der Waals surface area contributed by atoms with Crippen molar-refractivity contribution in [3.8, 4) is 5.69 Å². The maximum Gasteiger partial charge on any atom is 0.0649 e. The zero-order chi connectivity index (χ0) is 15.4. The van der Waals surface area contributed by atoms with Gasteiger partial charge in [0.25, 0.3) is 0 Å². The summed E-state index contributed by atoms with van der Waals surface area (Å²) in [4.78, 5) is 0. The molecule has 21 heavy (non-hydrogen) atoms. The lowest BCUT2D eigenvalue weighted by Gasteiger charge is -2.08. The minimum absolute atomic E-state index is 0.741. The number of hydrogen-bond acceptors (Lipinski definition) is 2. The van der Waals surface area contributed by atoms with Crippen molar-refractivity contribution in [2.45, 2.75) is 40.7 Å². The largest absolute Gasteiger partial charge is 0.313 e. The Balaban J connectivity index is 2.12. The summed E-state index contributed by atoms with van der Waals surface area (Å²) in [7, 11) is 0. The topological polar surface area (TPSA) is 29.9 Å². The first kappa shape index (κ1) is 16.2. The number of hydrogen-bond donors (Lipinski definition) is 1. The highest BCUT2D eigenvalue weighted by molar-refractivity contribution is 9.10. The van der Waals surface area contributed by atoms with Crippen LogP contribution in [0.25, 0.3) is 5.69 Å². The summed E-state index contributed by atoms with van der Waals surface area (Å²) in [6.45, 7) is 10.7. The van der Waals surface area contributed by atoms with Crippen LogP contribution >= 0.6 is 15.9 Å². The summed E-state index contributed by atoms with van der Waals surface area (Å²) < 4.78 is 3.12. The van der Waals surface area contributed by atoms with Crippen LogP contribution in [-0.2, 0) is 6.54 Å². The molecule has 2 aromatic rings. The van der Waals surface area contributed by atoms with E-state index in [4.69, 9.17) is 0 Å². The Kier molecular flexibility index (Phi) is 5.59. The molecule has 0 aliphatic carbocycles. The van der Waals surface area contributed by atoms with Crippen molar-refractivity contribution in [1.82, 2.24) is 15.1 Å². The van der Waals surface area contributed by atoms with Gasteiger partial charge in [-0.2, -0.15) is 5.10 Å². The van der Waals surface area contributed by atoms with Gasteiger partial charge < -0.3 is 5.32 Å². The summed E-state index contributed by atoms with van der Waals surface area (Å²) in [6, 6.07) is 8.26. The van der Waals surface area contributed by atoms with Gasteiger partial charge in [0, 0.05) is 22.3 Å². The Morgan fingerprint density at radius 2 is 1.86 bits per heavy atom. The van der Waals surface area contributed by atoms with E-state index >= 15 is 0 Å². The lowest BCUT2D eigenvalue weighted by Crippen LogP contribution is -2.17. The van der Waals surface area contributed by atoms with Gasteiger partial charge in [-0.3, -0.25) is 0 Å². The highest BCUT2D eigenvalue weighted by atomic mass is 79.9. The van der Waals surface area contributed by atoms with Crippen LogP contribution in [-0.4, -0.2) is 16.3 Å². The quantitative estimate of drug-likeness (QED) is 0.783. The number of aromatic nitrogens is 2. The van der Waals surface area contributed by atoms with Gasteiger partial charge in [-0.05, 0) is 57.0 Å². The van der Waals surface area contributed by atoms with Crippen LogP contribution in [0.2, 0.25) is 0 Å². The number of benzene rings is 1. The lowest BCUT2D eigenvalue weighted by molar-refractivity contribution is 0.536. The molecule has 0 saturated carbocycles. The van der Waals surface area contributed by atoms with Crippen molar-refractivity contribution in [3.63, 3.8) is 0 Å². The van der Waals surface area contributed by atoms with Crippen LogP contribution in [0.5, 0.6) is 0 Å². The van der Waals surface area contributed by atoms with Crippen molar-refractivity contribution in [3.05, 3.63) is 45.7 Å². The van der Waals surface area contributed by atoms with Crippen LogP contribution in [0.1, 0.15) is 37.2 Å². The number of nitrogens with one attached hydrogen (secondary N) is 1. The molecule has 114 valence electrons. The van der Waals surface area contributed by atoms with E-state index in [-0.39, 0.29) is 0 Å². The van der Waals surface area contributed by atoms with Crippen LogP contribution in [0.15, 0.2) is 28.7 Å². The molecule has 0 amide bonds. The molecule has 0 fully saturated rings. The second-order valence-electron chi connectivity index (χ2n) is 5.90. The molecule has 4 heteroatoms. The smallest absolute Gasteiger partial charge is 0.0649 e. The maximum atomic E-state index is 4.69. The second kappa shape index (κ2) is 7.23. The number of aryl methyl sites for hydroxylation is 1. The second-order valence-corrected chi connectivity index (χ2v) is 6.81.